The van der Waals surface area contributed by atoms with E-state index in [0.29, 0.717) is 5.69 Å². The van der Waals surface area contributed by atoms with Gasteiger partial charge in [0.2, 0.25) is 0 Å². The van der Waals surface area contributed by atoms with Crippen molar-refractivity contribution in [1.82, 2.24) is 0 Å². The van der Waals surface area contributed by atoms with Crippen molar-refractivity contribution < 1.29 is 13.5 Å². The van der Waals surface area contributed by atoms with Crippen LogP contribution in [0.5, 0.6) is 5.75 Å². The monoisotopic (exact) mass is 188 g/mol. The number of rotatable bonds is 3. The Bertz CT molecular complexity index is 291. The average Bonchev–Trinajstić information content (AvgIpc) is 2.16. The van der Waals surface area contributed by atoms with Crippen LogP contribution in [-0.2, 0) is 0 Å². The van der Waals surface area contributed by atoms with Crippen molar-refractivity contribution >= 4 is 5.69 Å². The smallest absolute Gasteiger partial charge is 0.267 e. The topological polar surface area (TPSA) is 47.3 Å². The number of hydrogen-bond donors (Lipinski definition) is 2. The largest absolute Gasteiger partial charge is 0.496 e. The highest BCUT2D eigenvalue weighted by atomic mass is 19.3. The molecule has 0 saturated carbocycles. The Hall–Kier alpha value is -1.36. The van der Waals surface area contributed by atoms with Gasteiger partial charge in [-0.3, -0.25) is 5.84 Å². The van der Waals surface area contributed by atoms with Crippen LogP contribution in [0.3, 0.4) is 0 Å². The SMILES string of the molecule is COc1ccc(NN)cc1C(F)F. The summed E-state index contributed by atoms with van der Waals surface area (Å²) in [7, 11) is 1.34. The lowest BCUT2D eigenvalue weighted by atomic mass is 10.2. The quantitative estimate of drug-likeness (QED) is 0.562. The Labute approximate surface area is 74.5 Å². The van der Waals surface area contributed by atoms with E-state index in [9.17, 15) is 8.78 Å². The van der Waals surface area contributed by atoms with E-state index in [1.54, 1.807) is 6.07 Å². The maximum Gasteiger partial charge on any atom is 0.267 e. The number of anilines is 1. The van der Waals surface area contributed by atoms with Crippen LogP contribution in [0.4, 0.5) is 14.5 Å². The highest BCUT2D eigenvalue weighted by Crippen LogP contribution is 2.30. The summed E-state index contributed by atoms with van der Waals surface area (Å²) in [6.45, 7) is 0. The Kier molecular flexibility index (Phi) is 3.02. The molecule has 1 aromatic rings. The maximum atomic E-state index is 12.4. The third-order valence-corrected chi connectivity index (χ3v) is 1.63. The minimum atomic E-state index is -2.57. The number of nitrogens with one attached hydrogen (secondary N) is 1. The Morgan fingerprint density at radius 2 is 2.15 bits per heavy atom. The van der Waals surface area contributed by atoms with Gasteiger partial charge in [-0.15, -0.1) is 0 Å². The van der Waals surface area contributed by atoms with Crippen molar-refractivity contribution in [2.24, 2.45) is 5.84 Å². The molecule has 0 amide bonds. The molecule has 5 heteroatoms. The van der Waals surface area contributed by atoms with Crippen molar-refractivity contribution in [2.45, 2.75) is 6.43 Å². The van der Waals surface area contributed by atoms with Gasteiger partial charge >= 0.3 is 0 Å². The number of hydrazine groups is 1. The van der Waals surface area contributed by atoms with E-state index in [2.05, 4.69) is 5.43 Å². The second kappa shape index (κ2) is 4.04. The van der Waals surface area contributed by atoms with Gasteiger partial charge in [0.15, 0.2) is 0 Å². The molecule has 0 heterocycles. The van der Waals surface area contributed by atoms with Gasteiger partial charge < -0.3 is 10.2 Å². The predicted octanol–water partition coefficient (Wildman–Crippen LogP) is 1.92. The van der Waals surface area contributed by atoms with Crippen LogP contribution in [0.2, 0.25) is 0 Å². The van der Waals surface area contributed by atoms with Crippen LogP contribution in [0, 0.1) is 0 Å². The van der Waals surface area contributed by atoms with Gasteiger partial charge in [0.1, 0.15) is 5.75 Å². The zero-order valence-electron chi connectivity index (χ0n) is 7.05. The van der Waals surface area contributed by atoms with Gasteiger partial charge in [-0.05, 0) is 18.2 Å². The van der Waals surface area contributed by atoms with Crippen LogP contribution < -0.4 is 16.0 Å². The van der Waals surface area contributed by atoms with Crippen molar-refractivity contribution in [1.29, 1.82) is 0 Å². The molecule has 0 radical (unpaired) electrons. The van der Waals surface area contributed by atoms with Gasteiger partial charge in [0.25, 0.3) is 6.43 Å². The number of benzene rings is 1. The summed E-state index contributed by atoms with van der Waals surface area (Å²) < 4.78 is 29.5. The highest BCUT2D eigenvalue weighted by Gasteiger charge is 2.13. The molecule has 0 bridgehead atoms. The Balaban J connectivity index is 3.10. The summed E-state index contributed by atoms with van der Waals surface area (Å²) in [6, 6.07) is 4.25. The standard InChI is InChI=1S/C8H10F2N2O/c1-13-7-3-2-5(12-11)4-6(7)8(9)10/h2-4,8,12H,11H2,1H3. The summed E-state index contributed by atoms with van der Waals surface area (Å²) >= 11 is 0. The number of nitrogen functional groups attached to an aromatic ring is 1. The van der Waals surface area contributed by atoms with Crippen molar-refractivity contribution in [3.63, 3.8) is 0 Å². The first-order valence-electron chi connectivity index (χ1n) is 3.61. The van der Waals surface area contributed by atoms with E-state index in [-0.39, 0.29) is 11.3 Å². The molecule has 3 N–H and O–H groups in total. The highest BCUT2D eigenvalue weighted by molar-refractivity contribution is 5.50. The van der Waals surface area contributed by atoms with E-state index in [0.717, 1.165) is 0 Å². The van der Waals surface area contributed by atoms with Crippen LogP contribution >= 0.6 is 0 Å². The number of halogens is 2. The van der Waals surface area contributed by atoms with E-state index in [4.69, 9.17) is 10.6 Å². The summed E-state index contributed by atoms with van der Waals surface area (Å²) in [5.41, 5.74) is 2.54. The molecule has 3 nitrogen and oxygen atoms in total. The molecular weight excluding hydrogens is 178 g/mol. The molecular formula is C8H10F2N2O. The number of hydrogen-bond acceptors (Lipinski definition) is 3. The molecule has 0 aromatic heterocycles. The molecule has 0 unspecified atom stereocenters. The van der Waals surface area contributed by atoms with Gasteiger partial charge in [0, 0.05) is 5.69 Å². The van der Waals surface area contributed by atoms with Gasteiger partial charge in [-0.1, -0.05) is 0 Å². The molecule has 0 spiro atoms. The van der Waals surface area contributed by atoms with Crippen molar-refractivity contribution in [2.75, 3.05) is 12.5 Å². The molecule has 13 heavy (non-hydrogen) atoms. The van der Waals surface area contributed by atoms with E-state index < -0.39 is 6.43 Å². The fourth-order valence-electron chi connectivity index (χ4n) is 0.995. The second-order valence-corrected chi connectivity index (χ2v) is 2.40. The van der Waals surface area contributed by atoms with Crippen LogP contribution in [0.25, 0.3) is 0 Å². The van der Waals surface area contributed by atoms with E-state index in [1.165, 1.54) is 19.2 Å². The van der Waals surface area contributed by atoms with Gasteiger partial charge in [0.05, 0.1) is 12.7 Å². The first-order valence-corrected chi connectivity index (χ1v) is 3.61. The Morgan fingerprint density at radius 1 is 1.46 bits per heavy atom. The van der Waals surface area contributed by atoms with Crippen LogP contribution in [0.1, 0.15) is 12.0 Å². The van der Waals surface area contributed by atoms with Gasteiger partial charge in [-0.2, -0.15) is 0 Å². The molecule has 0 aliphatic rings. The molecule has 0 fully saturated rings. The minimum Gasteiger partial charge on any atom is -0.496 e. The molecule has 1 rings (SSSR count). The summed E-state index contributed by atoms with van der Waals surface area (Å²) in [4.78, 5) is 0. The lowest BCUT2D eigenvalue weighted by molar-refractivity contribution is 0.147. The molecule has 1 aromatic carbocycles. The summed E-state index contributed by atoms with van der Waals surface area (Å²) in [6.07, 6.45) is -2.57. The zero-order chi connectivity index (χ0) is 9.84. The number of methoxy groups -OCH3 is 1. The lowest BCUT2D eigenvalue weighted by Gasteiger charge is -2.09. The first kappa shape index (κ1) is 9.73. The molecule has 0 atom stereocenters. The van der Waals surface area contributed by atoms with Gasteiger partial charge in [-0.25, -0.2) is 8.78 Å². The zero-order valence-corrected chi connectivity index (χ0v) is 7.05. The fourth-order valence-corrected chi connectivity index (χ4v) is 0.995. The third-order valence-electron chi connectivity index (χ3n) is 1.63. The lowest BCUT2D eigenvalue weighted by Crippen LogP contribution is -2.07. The minimum absolute atomic E-state index is 0.161. The number of alkyl halides is 2. The fraction of sp³-hybridized carbons (Fsp3) is 0.250. The van der Waals surface area contributed by atoms with E-state index in [1.807, 2.05) is 0 Å². The van der Waals surface area contributed by atoms with Crippen LogP contribution in [-0.4, -0.2) is 7.11 Å². The molecule has 0 aliphatic heterocycles. The summed E-state index contributed by atoms with van der Waals surface area (Å²) in [5, 5.41) is 0. The van der Waals surface area contributed by atoms with Crippen molar-refractivity contribution in [3.05, 3.63) is 23.8 Å². The second-order valence-electron chi connectivity index (χ2n) is 2.40. The predicted molar refractivity (Wildman–Crippen MR) is 45.8 cm³/mol. The van der Waals surface area contributed by atoms with Crippen LogP contribution in [0.15, 0.2) is 18.2 Å². The molecule has 72 valence electrons. The average molecular weight is 188 g/mol. The van der Waals surface area contributed by atoms with Crippen molar-refractivity contribution in [3.8, 4) is 5.75 Å². The summed E-state index contributed by atoms with van der Waals surface area (Å²) in [5.74, 6) is 5.24. The maximum absolute atomic E-state index is 12.4. The number of ether oxygens (including phenoxy) is 1. The Morgan fingerprint density at radius 3 is 2.62 bits per heavy atom. The first-order chi connectivity index (χ1) is 6.19. The molecule has 0 saturated heterocycles. The van der Waals surface area contributed by atoms with E-state index >= 15 is 0 Å². The number of nitrogens with two attached hydrogens (primary N) is 1. The molecule has 0 aliphatic carbocycles. The normalized spacial score (nSPS) is 10.2. The third kappa shape index (κ3) is 2.06.